The number of nitrogens with zero attached hydrogens (tertiary/aromatic N) is 1. The number of anilines is 1. The molecule has 1 aromatic rings. The highest BCUT2D eigenvalue weighted by Gasteiger charge is 2.16. The summed E-state index contributed by atoms with van der Waals surface area (Å²) in [4.78, 5) is 14.4. The number of rotatable bonds is 6. The molecule has 1 aromatic carbocycles. The van der Waals surface area contributed by atoms with Crippen molar-refractivity contribution in [1.82, 2.24) is 10.2 Å². The Hall–Kier alpha value is -1.71. The maximum atomic E-state index is 13.4. The van der Waals surface area contributed by atoms with E-state index in [0.717, 1.165) is 44.5 Å². The first-order valence-electron chi connectivity index (χ1n) is 7.71. The molecular weight excluding hydrogens is 337 g/mol. The minimum Gasteiger partial charge on any atom is -0.380 e. The van der Waals surface area contributed by atoms with Crippen molar-refractivity contribution in [3.8, 4) is 0 Å². The van der Waals surface area contributed by atoms with Crippen LogP contribution in [0.2, 0.25) is 0 Å². The zero-order chi connectivity index (χ0) is 17.6. The van der Waals surface area contributed by atoms with E-state index < -0.39 is 21.7 Å². The lowest BCUT2D eigenvalue weighted by atomic mass is 10.1. The van der Waals surface area contributed by atoms with Crippen molar-refractivity contribution in [2.75, 3.05) is 50.4 Å². The number of halogens is 1. The molecule has 24 heavy (non-hydrogen) atoms. The van der Waals surface area contributed by atoms with E-state index in [9.17, 15) is 17.6 Å². The van der Waals surface area contributed by atoms with Gasteiger partial charge in [0, 0.05) is 32.8 Å². The van der Waals surface area contributed by atoms with Gasteiger partial charge in [-0.25, -0.2) is 12.8 Å². The highest BCUT2D eigenvalue weighted by molar-refractivity contribution is 7.92. The topological polar surface area (TPSA) is 87.7 Å². The van der Waals surface area contributed by atoms with Crippen LogP contribution in [0.3, 0.4) is 0 Å². The number of ether oxygens (including phenoxy) is 1. The zero-order valence-corrected chi connectivity index (χ0v) is 14.4. The van der Waals surface area contributed by atoms with Gasteiger partial charge in [0.15, 0.2) is 0 Å². The first-order chi connectivity index (χ1) is 11.3. The summed E-state index contributed by atoms with van der Waals surface area (Å²) in [5, 5.41) is 2.70. The normalized spacial score (nSPS) is 16.4. The summed E-state index contributed by atoms with van der Waals surface area (Å²) in [7, 11) is -3.56. The maximum absolute atomic E-state index is 13.4. The third kappa shape index (κ3) is 6.06. The van der Waals surface area contributed by atoms with Crippen molar-refractivity contribution in [2.24, 2.45) is 0 Å². The van der Waals surface area contributed by atoms with E-state index in [-0.39, 0.29) is 11.3 Å². The summed E-state index contributed by atoms with van der Waals surface area (Å²) in [5.41, 5.74) is 0.0131. The van der Waals surface area contributed by atoms with E-state index in [2.05, 4.69) is 14.9 Å². The molecular formula is C15H22FN3O4S. The molecule has 0 aliphatic carbocycles. The summed E-state index contributed by atoms with van der Waals surface area (Å²) >= 11 is 0. The lowest BCUT2D eigenvalue weighted by molar-refractivity contribution is 0.0948. The monoisotopic (exact) mass is 359 g/mol. The van der Waals surface area contributed by atoms with Crippen molar-refractivity contribution in [1.29, 1.82) is 0 Å². The molecule has 1 saturated heterocycles. The number of hydrogen-bond donors (Lipinski definition) is 2. The van der Waals surface area contributed by atoms with E-state index in [4.69, 9.17) is 4.74 Å². The van der Waals surface area contributed by atoms with Crippen molar-refractivity contribution in [3.63, 3.8) is 0 Å². The molecule has 0 radical (unpaired) electrons. The van der Waals surface area contributed by atoms with Crippen LogP contribution in [0, 0.1) is 5.82 Å². The Morgan fingerprint density at radius 3 is 2.88 bits per heavy atom. The number of carbonyl (C=O) groups excluding carboxylic acids is 1. The highest BCUT2D eigenvalue weighted by Crippen LogP contribution is 2.18. The van der Waals surface area contributed by atoms with Crippen LogP contribution >= 0.6 is 0 Å². The molecule has 0 aromatic heterocycles. The van der Waals surface area contributed by atoms with Gasteiger partial charge in [0.25, 0.3) is 5.91 Å². The van der Waals surface area contributed by atoms with Crippen molar-refractivity contribution in [2.45, 2.75) is 6.42 Å². The van der Waals surface area contributed by atoms with Crippen molar-refractivity contribution in [3.05, 3.63) is 29.6 Å². The molecule has 1 amide bonds. The summed E-state index contributed by atoms with van der Waals surface area (Å²) in [5.74, 6) is -1.13. The van der Waals surface area contributed by atoms with Gasteiger partial charge in [-0.1, -0.05) is 0 Å². The molecule has 0 spiro atoms. The second-order valence-electron chi connectivity index (χ2n) is 5.63. The predicted molar refractivity (Wildman–Crippen MR) is 89.1 cm³/mol. The molecule has 1 aliphatic heterocycles. The Morgan fingerprint density at radius 1 is 1.33 bits per heavy atom. The second kappa shape index (κ2) is 8.41. The number of nitrogens with one attached hydrogen (secondary N) is 2. The average Bonchev–Trinajstić information content (AvgIpc) is 2.76. The van der Waals surface area contributed by atoms with Gasteiger partial charge in [0.2, 0.25) is 10.0 Å². The van der Waals surface area contributed by atoms with Gasteiger partial charge in [-0.05, 0) is 24.6 Å². The largest absolute Gasteiger partial charge is 0.380 e. The van der Waals surface area contributed by atoms with E-state index in [1.165, 1.54) is 6.07 Å². The van der Waals surface area contributed by atoms with Gasteiger partial charge < -0.3 is 10.1 Å². The first-order valence-corrected chi connectivity index (χ1v) is 9.60. The van der Waals surface area contributed by atoms with Crippen LogP contribution < -0.4 is 10.0 Å². The van der Waals surface area contributed by atoms with Crippen LogP contribution in [0.1, 0.15) is 16.8 Å². The van der Waals surface area contributed by atoms with E-state index >= 15 is 0 Å². The Balaban J connectivity index is 1.97. The summed E-state index contributed by atoms with van der Waals surface area (Å²) in [6, 6.07) is 3.35. The van der Waals surface area contributed by atoms with Crippen molar-refractivity contribution < 1.29 is 22.3 Å². The Bertz CT molecular complexity index is 673. The number of sulfonamides is 1. The SMILES string of the molecule is CS(=O)(=O)Nc1ccc(F)cc1C(=O)NCCN1CCCOCC1. The fourth-order valence-corrected chi connectivity index (χ4v) is 3.01. The van der Waals surface area contributed by atoms with E-state index in [0.29, 0.717) is 19.7 Å². The lowest BCUT2D eigenvalue weighted by Gasteiger charge is -2.19. The van der Waals surface area contributed by atoms with Crippen LogP contribution in [0.5, 0.6) is 0 Å². The molecule has 2 rings (SSSR count). The van der Waals surface area contributed by atoms with E-state index in [1.54, 1.807) is 0 Å². The maximum Gasteiger partial charge on any atom is 0.253 e. The Kier molecular flexibility index (Phi) is 6.52. The second-order valence-corrected chi connectivity index (χ2v) is 7.38. The van der Waals surface area contributed by atoms with Gasteiger partial charge >= 0.3 is 0 Å². The molecule has 9 heteroatoms. The van der Waals surface area contributed by atoms with Gasteiger partial charge in [-0.3, -0.25) is 14.4 Å². The molecule has 0 unspecified atom stereocenters. The van der Waals surface area contributed by atoms with Crippen LogP contribution in [-0.4, -0.2) is 64.9 Å². The summed E-state index contributed by atoms with van der Waals surface area (Å²) in [6.45, 7) is 4.15. The molecule has 1 heterocycles. The molecule has 2 N–H and O–H groups in total. The Labute approximate surface area is 141 Å². The fourth-order valence-electron chi connectivity index (χ4n) is 2.44. The third-order valence-corrected chi connectivity index (χ3v) is 4.14. The zero-order valence-electron chi connectivity index (χ0n) is 13.5. The van der Waals surface area contributed by atoms with Crippen LogP contribution in [0.15, 0.2) is 18.2 Å². The van der Waals surface area contributed by atoms with Gasteiger partial charge in [0.1, 0.15) is 5.82 Å². The number of amides is 1. The quantitative estimate of drug-likeness (QED) is 0.779. The number of hydrogen-bond acceptors (Lipinski definition) is 5. The molecule has 1 aliphatic rings. The molecule has 7 nitrogen and oxygen atoms in total. The van der Waals surface area contributed by atoms with Gasteiger partial charge in [0.05, 0.1) is 24.1 Å². The number of benzene rings is 1. The number of carbonyl (C=O) groups is 1. The molecule has 134 valence electrons. The van der Waals surface area contributed by atoms with Crippen molar-refractivity contribution >= 4 is 21.6 Å². The fraction of sp³-hybridized carbons (Fsp3) is 0.533. The lowest BCUT2D eigenvalue weighted by Crippen LogP contribution is -2.36. The van der Waals surface area contributed by atoms with Crippen LogP contribution in [0.25, 0.3) is 0 Å². The minimum absolute atomic E-state index is 0.0420. The van der Waals surface area contributed by atoms with Crippen LogP contribution in [0.4, 0.5) is 10.1 Å². The summed E-state index contributed by atoms with van der Waals surface area (Å²) in [6.07, 6.45) is 1.92. The smallest absolute Gasteiger partial charge is 0.253 e. The Morgan fingerprint density at radius 2 is 2.12 bits per heavy atom. The highest BCUT2D eigenvalue weighted by atomic mass is 32.2. The van der Waals surface area contributed by atoms with Gasteiger partial charge in [-0.2, -0.15) is 0 Å². The molecule has 1 fully saturated rings. The van der Waals surface area contributed by atoms with E-state index in [1.807, 2.05) is 0 Å². The third-order valence-electron chi connectivity index (χ3n) is 3.55. The van der Waals surface area contributed by atoms with Crippen LogP contribution in [-0.2, 0) is 14.8 Å². The molecule has 0 saturated carbocycles. The minimum atomic E-state index is -3.56. The first kappa shape index (κ1) is 18.6. The predicted octanol–water partition coefficient (Wildman–Crippen LogP) is 0.649. The molecule has 0 atom stereocenters. The standard InChI is InChI=1S/C15H22FN3O4S/c1-24(21,22)18-14-4-3-12(16)11-13(14)15(20)17-5-7-19-6-2-9-23-10-8-19/h3-4,11,18H,2,5-10H2,1H3,(H,17,20). The summed E-state index contributed by atoms with van der Waals surface area (Å²) < 4.78 is 43.7. The van der Waals surface area contributed by atoms with Gasteiger partial charge in [-0.15, -0.1) is 0 Å². The molecule has 0 bridgehead atoms. The average molecular weight is 359 g/mol.